The van der Waals surface area contributed by atoms with Crippen LogP contribution < -0.4 is 0 Å². The number of hydrogen-bond acceptors (Lipinski definition) is 3. The Balaban J connectivity index is 1.87. The van der Waals surface area contributed by atoms with Crippen LogP contribution in [-0.4, -0.2) is 40.0 Å². The smallest absolute Gasteiger partial charge is 0.307 e. The van der Waals surface area contributed by atoms with Crippen LogP contribution in [0.3, 0.4) is 0 Å². The van der Waals surface area contributed by atoms with Gasteiger partial charge in [0.1, 0.15) is 0 Å². The highest BCUT2D eigenvalue weighted by atomic mass is 16.4. The third kappa shape index (κ3) is 3.56. The molecule has 23 heavy (non-hydrogen) atoms. The molecule has 3 rings (SSSR count). The maximum absolute atomic E-state index is 12.5. The number of aromatic nitrogens is 1. The van der Waals surface area contributed by atoms with Crippen molar-refractivity contribution in [2.24, 2.45) is 0 Å². The maximum Gasteiger partial charge on any atom is 0.307 e. The number of carbonyl (C=O) groups is 2. The summed E-state index contributed by atoms with van der Waals surface area (Å²) in [6.45, 7) is 1.62. The SMILES string of the molecule is O=C(O)Cc1cccc(-c2cc(C(=O)N3CCCC3)ccn2)c1. The van der Waals surface area contributed by atoms with Crippen molar-refractivity contribution in [3.63, 3.8) is 0 Å². The lowest BCUT2D eigenvalue weighted by Crippen LogP contribution is -2.27. The Labute approximate surface area is 134 Å². The van der Waals surface area contributed by atoms with Crippen LogP contribution in [0.5, 0.6) is 0 Å². The number of rotatable bonds is 4. The second kappa shape index (κ2) is 6.60. The molecule has 0 aliphatic carbocycles. The Bertz CT molecular complexity index is 737. The van der Waals surface area contributed by atoms with E-state index in [9.17, 15) is 9.59 Å². The molecular formula is C18H18N2O3. The first-order valence-electron chi connectivity index (χ1n) is 7.70. The van der Waals surface area contributed by atoms with Crippen LogP contribution in [0.4, 0.5) is 0 Å². The van der Waals surface area contributed by atoms with Crippen molar-refractivity contribution in [1.29, 1.82) is 0 Å². The second-order valence-electron chi connectivity index (χ2n) is 5.70. The molecule has 0 atom stereocenters. The fourth-order valence-electron chi connectivity index (χ4n) is 2.84. The van der Waals surface area contributed by atoms with Gasteiger partial charge in [0.15, 0.2) is 0 Å². The number of likely N-dealkylation sites (tertiary alicyclic amines) is 1. The fraction of sp³-hybridized carbons (Fsp3) is 0.278. The molecule has 1 fully saturated rings. The molecule has 0 radical (unpaired) electrons. The number of amides is 1. The first-order valence-corrected chi connectivity index (χ1v) is 7.70. The Hall–Kier alpha value is -2.69. The van der Waals surface area contributed by atoms with Crippen molar-refractivity contribution < 1.29 is 14.7 Å². The Morgan fingerprint density at radius 3 is 2.65 bits per heavy atom. The van der Waals surface area contributed by atoms with Crippen molar-refractivity contribution >= 4 is 11.9 Å². The zero-order chi connectivity index (χ0) is 16.2. The lowest BCUT2D eigenvalue weighted by atomic mass is 10.0. The first kappa shape index (κ1) is 15.2. The van der Waals surface area contributed by atoms with Crippen LogP contribution in [0, 0.1) is 0 Å². The average molecular weight is 310 g/mol. The summed E-state index contributed by atoms with van der Waals surface area (Å²) in [5.74, 6) is -0.832. The third-order valence-electron chi connectivity index (χ3n) is 3.98. The normalized spacial score (nSPS) is 14.0. The van der Waals surface area contributed by atoms with Gasteiger partial charge >= 0.3 is 5.97 Å². The van der Waals surface area contributed by atoms with Gasteiger partial charge in [-0.3, -0.25) is 14.6 Å². The molecule has 1 aliphatic heterocycles. The molecule has 5 nitrogen and oxygen atoms in total. The summed E-state index contributed by atoms with van der Waals surface area (Å²) in [6, 6.07) is 10.8. The number of pyridine rings is 1. The van der Waals surface area contributed by atoms with Crippen molar-refractivity contribution in [1.82, 2.24) is 9.88 Å². The van der Waals surface area contributed by atoms with Crippen LogP contribution in [0.15, 0.2) is 42.6 Å². The van der Waals surface area contributed by atoms with Crippen LogP contribution in [-0.2, 0) is 11.2 Å². The van der Waals surface area contributed by atoms with Crippen LogP contribution in [0.2, 0.25) is 0 Å². The van der Waals surface area contributed by atoms with Gasteiger partial charge < -0.3 is 10.0 Å². The van der Waals surface area contributed by atoms with Gasteiger partial charge in [-0.15, -0.1) is 0 Å². The van der Waals surface area contributed by atoms with E-state index in [1.165, 1.54) is 0 Å². The number of aliphatic carboxylic acids is 1. The lowest BCUT2D eigenvalue weighted by molar-refractivity contribution is -0.136. The average Bonchev–Trinajstić information content (AvgIpc) is 3.08. The van der Waals surface area contributed by atoms with Crippen molar-refractivity contribution in [3.05, 3.63) is 53.7 Å². The summed E-state index contributed by atoms with van der Waals surface area (Å²) < 4.78 is 0. The molecule has 2 aromatic rings. The standard InChI is InChI=1S/C18H18N2O3/c21-17(22)11-13-4-3-5-14(10-13)16-12-15(6-7-19-16)18(23)20-8-1-2-9-20/h3-7,10,12H,1-2,8-9,11H2,(H,21,22). The minimum Gasteiger partial charge on any atom is -0.481 e. The van der Waals surface area contributed by atoms with Crippen molar-refractivity contribution in [2.45, 2.75) is 19.3 Å². The van der Waals surface area contributed by atoms with Gasteiger partial charge in [0, 0.05) is 30.4 Å². The lowest BCUT2D eigenvalue weighted by Gasteiger charge is -2.15. The number of carboxylic acids is 1. The molecule has 0 unspecified atom stereocenters. The summed E-state index contributed by atoms with van der Waals surface area (Å²) in [6.07, 6.45) is 3.71. The van der Waals surface area contributed by atoms with E-state index in [0.29, 0.717) is 16.8 Å². The minimum atomic E-state index is -0.868. The van der Waals surface area contributed by atoms with Gasteiger partial charge in [-0.25, -0.2) is 0 Å². The molecule has 1 saturated heterocycles. The minimum absolute atomic E-state index is 0.0275. The molecule has 1 amide bonds. The molecule has 0 bridgehead atoms. The van der Waals surface area contributed by atoms with Gasteiger partial charge in [0.25, 0.3) is 5.91 Å². The Morgan fingerprint density at radius 2 is 1.91 bits per heavy atom. The number of carboxylic acid groups (broad SMARTS) is 1. The summed E-state index contributed by atoms with van der Waals surface area (Å²) in [5.41, 5.74) is 2.84. The fourth-order valence-corrected chi connectivity index (χ4v) is 2.84. The predicted molar refractivity (Wildman–Crippen MR) is 86.2 cm³/mol. The van der Waals surface area contributed by atoms with Gasteiger partial charge in [0.05, 0.1) is 12.1 Å². The van der Waals surface area contributed by atoms with E-state index in [1.54, 1.807) is 30.5 Å². The summed E-state index contributed by atoms with van der Waals surface area (Å²) >= 11 is 0. The molecule has 2 heterocycles. The quantitative estimate of drug-likeness (QED) is 0.942. The summed E-state index contributed by atoms with van der Waals surface area (Å²) in [4.78, 5) is 29.5. The molecule has 1 aromatic heterocycles. The van der Waals surface area contributed by atoms with E-state index in [1.807, 2.05) is 17.0 Å². The summed E-state index contributed by atoms with van der Waals surface area (Å²) in [7, 11) is 0. The molecule has 118 valence electrons. The molecule has 1 aliphatic rings. The number of hydrogen-bond donors (Lipinski definition) is 1. The topological polar surface area (TPSA) is 70.5 Å². The van der Waals surface area contributed by atoms with Gasteiger partial charge in [-0.05, 0) is 36.6 Å². The predicted octanol–water partition coefficient (Wildman–Crippen LogP) is 2.61. The highest BCUT2D eigenvalue weighted by Crippen LogP contribution is 2.21. The number of nitrogens with zero attached hydrogens (tertiary/aromatic N) is 2. The Kier molecular flexibility index (Phi) is 4.37. The van der Waals surface area contributed by atoms with Crippen LogP contribution >= 0.6 is 0 Å². The van der Waals surface area contributed by atoms with Gasteiger partial charge in [-0.1, -0.05) is 18.2 Å². The molecular weight excluding hydrogens is 292 g/mol. The first-order chi connectivity index (χ1) is 11.1. The molecule has 0 spiro atoms. The highest BCUT2D eigenvalue weighted by molar-refractivity contribution is 5.95. The number of benzene rings is 1. The van der Waals surface area contributed by atoms with Crippen molar-refractivity contribution in [3.8, 4) is 11.3 Å². The van der Waals surface area contributed by atoms with Gasteiger partial charge in [0.2, 0.25) is 0 Å². The molecule has 1 aromatic carbocycles. The molecule has 1 N–H and O–H groups in total. The van der Waals surface area contributed by atoms with Crippen LogP contribution in [0.25, 0.3) is 11.3 Å². The zero-order valence-electron chi connectivity index (χ0n) is 12.7. The third-order valence-corrected chi connectivity index (χ3v) is 3.98. The maximum atomic E-state index is 12.5. The van der Waals surface area contributed by atoms with E-state index >= 15 is 0 Å². The molecule has 5 heteroatoms. The Morgan fingerprint density at radius 1 is 1.13 bits per heavy atom. The number of carbonyl (C=O) groups excluding carboxylic acids is 1. The zero-order valence-corrected chi connectivity index (χ0v) is 12.7. The van der Waals surface area contributed by atoms with Crippen LogP contribution in [0.1, 0.15) is 28.8 Å². The van der Waals surface area contributed by atoms with E-state index in [4.69, 9.17) is 5.11 Å². The largest absolute Gasteiger partial charge is 0.481 e. The van der Waals surface area contributed by atoms with Gasteiger partial charge in [-0.2, -0.15) is 0 Å². The van der Waals surface area contributed by atoms with E-state index < -0.39 is 5.97 Å². The second-order valence-corrected chi connectivity index (χ2v) is 5.70. The van der Waals surface area contributed by atoms with E-state index in [-0.39, 0.29) is 12.3 Å². The van der Waals surface area contributed by atoms with Crippen molar-refractivity contribution in [2.75, 3.05) is 13.1 Å². The molecule has 0 saturated carbocycles. The van der Waals surface area contributed by atoms with E-state index in [2.05, 4.69) is 4.98 Å². The highest BCUT2D eigenvalue weighted by Gasteiger charge is 2.19. The monoisotopic (exact) mass is 310 g/mol. The summed E-state index contributed by atoms with van der Waals surface area (Å²) in [5, 5.41) is 8.90. The van der Waals surface area contributed by atoms with E-state index in [0.717, 1.165) is 31.5 Å².